The Morgan fingerprint density at radius 3 is 2.95 bits per heavy atom. The van der Waals surface area contributed by atoms with Crippen LogP contribution in [0.2, 0.25) is 0 Å². The van der Waals surface area contributed by atoms with Crippen LogP contribution in [0, 0.1) is 5.82 Å². The molecule has 1 fully saturated rings. The van der Waals surface area contributed by atoms with Crippen LogP contribution < -0.4 is 5.32 Å². The van der Waals surface area contributed by atoms with Crippen molar-refractivity contribution in [2.45, 2.75) is 51.7 Å². The second-order valence-electron chi connectivity index (χ2n) is 6.06. The van der Waals surface area contributed by atoms with Crippen molar-refractivity contribution in [3.8, 4) is 0 Å². The van der Waals surface area contributed by atoms with Crippen molar-refractivity contribution >= 4 is 5.65 Å². The number of piperazine rings is 1. The van der Waals surface area contributed by atoms with E-state index in [1.165, 1.54) is 10.7 Å². The van der Waals surface area contributed by atoms with E-state index in [1.807, 2.05) is 6.07 Å². The van der Waals surface area contributed by atoms with E-state index in [1.54, 1.807) is 6.20 Å². The van der Waals surface area contributed by atoms with E-state index >= 15 is 0 Å². The minimum absolute atomic E-state index is 0.167. The van der Waals surface area contributed by atoms with Crippen molar-refractivity contribution in [1.82, 2.24) is 24.8 Å². The molecule has 3 rings (SSSR count). The fourth-order valence-electron chi connectivity index (χ4n) is 3.27. The molecule has 5 nitrogen and oxygen atoms in total. The van der Waals surface area contributed by atoms with Crippen molar-refractivity contribution in [2.75, 3.05) is 13.1 Å². The van der Waals surface area contributed by atoms with E-state index in [4.69, 9.17) is 0 Å². The van der Waals surface area contributed by atoms with Crippen LogP contribution in [0.15, 0.2) is 18.5 Å². The van der Waals surface area contributed by atoms with Crippen molar-refractivity contribution in [3.63, 3.8) is 0 Å². The van der Waals surface area contributed by atoms with Gasteiger partial charge in [-0.2, -0.15) is 5.10 Å². The molecule has 1 N–H and O–H groups in total. The van der Waals surface area contributed by atoms with Crippen LogP contribution in [0.25, 0.3) is 5.65 Å². The molecule has 0 saturated carbocycles. The van der Waals surface area contributed by atoms with Gasteiger partial charge in [0.25, 0.3) is 0 Å². The zero-order chi connectivity index (χ0) is 15.7. The third-order valence-electron chi connectivity index (χ3n) is 4.78. The molecule has 3 heterocycles. The summed E-state index contributed by atoms with van der Waals surface area (Å²) in [5, 5.41) is 7.55. The third-order valence-corrected chi connectivity index (χ3v) is 4.78. The quantitative estimate of drug-likeness (QED) is 0.942. The topological polar surface area (TPSA) is 45.5 Å². The standard InChI is InChI=1S/C16H24FN5/c1-4-12-10-21(13(5-2)8-18-12)11(3)15-6-7-22-16(20-15)14(17)9-19-22/h6-7,9,11-13,18H,4-5,8,10H2,1-3H3/t11?,12-,13+/m0/s1. The van der Waals surface area contributed by atoms with Gasteiger partial charge in [-0.05, 0) is 25.8 Å². The fraction of sp³-hybridized carbons (Fsp3) is 0.625. The molecule has 2 aromatic rings. The van der Waals surface area contributed by atoms with Gasteiger partial charge in [0.2, 0.25) is 0 Å². The number of nitrogens with one attached hydrogen (secondary N) is 1. The molecule has 0 aromatic carbocycles. The Balaban J connectivity index is 1.88. The number of hydrogen-bond acceptors (Lipinski definition) is 4. The first-order valence-electron chi connectivity index (χ1n) is 8.12. The Labute approximate surface area is 130 Å². The predicted molar refractivity (Wildman–Crippen MR) is 84.2 cm³/mol. The Bertz CT molecular complexity index is 640. The molecular weight excluding hydrogens is 281 g/mol. The highest BCUT2D eigenvalue weighted by Gasteiger charge is 2.30. The van der Waals surface area contributed by atoms with Gasteiger partial charge in [0.05, 0.1) is 11.9 Å². The average molecular weight is 305 g/mol. The highest BCUT2D eigenvalue weighted by atomic mass is 19.1. The number of nitrogens with zero attached hydrogens (tertiary/aromatic N) is 4. The average Bonchev–Trinajstić information content (AvgIpc) is 2.94. The maximum absolute atomic E-state index is 13.7. The molecule has 0 radical (unpaired) electrons. The lowest BCUT2D eigenvalue weighted by Gasteiger charge is -2.43. The molecule has 1 aliphatic heterocycles. The summed E-state index contributed by atoms with van der Waals surface area (Å²) in [6.07, 6.45) is 5.21. The predicted octanol–water partition coefficient (Wildman–Crippen LogP) is 2.39. The molecule has 120 valence electrons. The second-order valence-corrected chi connectivity index (χ2v) is 6.06. The number of rotatable bonds is 4. The molecule has 0 amide bonds. The summed E-state index contributed by atoms with van der Waals surface area (Å²) in [4.78, 5) is 6.99. The summed E-state index contributed by atoms with van der Waals surface area (Å²) in [7, 11) is 0. The van der Waals surface area contributed by atoms with Gasteiger partial charge in [0.15, 0.2) is 11.5 Å². The van der Waals surface area contributed by atoms with Gasteiger partial charge < -0.3 is 5.32 Å². The summed E-state index contributed by atoms with van der Waals surface area (Å²) in [5.74, 6) is -0.368. The minimum Gasteiger partial charge on any atom is -0.311 e. The lowest BCUT2D eigenvalue weighted by molar-refractivity contribution is 0.0832. The van der Waals surface area contributed by atoms with E-state index in [9.17, 15) is 4.39 Å². The molecule has 1 saturated heterocycles. The maximum atomic E-state index is 13.7. The molecule has 1 unspecified atom stereocenters. The molecule has 22 heavy (non-hydrogen) atoms. The summed E-state index contributed by atoms with van der Waals surface area (Å²) in [6, 6.07) is 3.12. The number of fused-ring (bicyclic) bond motifs is 1. The molecule has 0 bridgehead atoms. The van der Waals surface area contributed by atoms with Crippen LogP contribution in [0.1, 0.15) is 45.3 Å². The van der Waals surface area contributed by atoms with Gasteiger partial charge in [-0.15, -0.1) is 0 Å². The van der Waals surface area contributed by atoms with Gasteiger partial charge in [-0.25, -0.2) is 13.9 Å². The van der Waals surface area contributed by atoms with E-state index in [0.29, 0.717) is 17.7 Å². The third kappa shape index (κ3) is 2.73. The Morgan fingerprint density at radius 2 is 2.23 bits per heavy atom. The number of hydrogen-bond donors (Lipinski definition) is 1. The van der Waals surface area contributed by atoms with Gasteiger partial charge in [-0.3, -0.25) is 4.90 Å². The Hall–Kier alpha value is -1.53. The van der Waals surface area contributed by atoms with E-state index < -0.39 is 0 Å². The summed E-state index contributed by atoms with van der Waals surface area (Å²) in [6.45, 7) is 8.59. The monoisotopic (exact) mass is 305 g/mol. The smallest absolute Gasteiger partial charge is 0.191 e. The summed E-state index contributed by atoms with van der Waals surface area (Å²) in [5.41, 5.74) is 1.21. The van der Waals surface area contributed by atoms with Gasteiger partial charge >= 0.3 is 0 Å². The zero-order valence-electron chi connectivity index (χ0n) is 13.5. The highest BCUT2D eigenvalue weighted by molar-refractivity contribution is 5.39. The minimum atomic E-state index is -0.368. The molecular formula is C16H24FN5. The second kappa shape index (κ2) is 6.30. The maximum Gasteiger partial charge on any atom is 0.191 e. The van der Waals surface area contributed by atoms with Crippen molar-refractivity contribution in [1.29, 1.82) is 0 Å². The molecule has 6 heteroatoms. The molecule has 2 aromatic heterocycles. The first-order chi connectivity index (χ1) is 10.6. The van der Waals surface area contributed by atoms with E-state index in [-0.39, 0.29) is 11.9 Å². The normalized spacial score (nSPS) is 24.7. The first kappa shape index (κ1) is 15.4. The van der Waals surface area contributed by atoms with Crippen LogP contribution in [-0.4, -0.2) is 44.7 Å². The number of aromatic nitrogens is 3. The van der Waals surface area contributed by atoms with Crippen LogP contribution in [0.4, 0.5) is 4.39 Å². The Morgan fingerprint density at radius 1 is 1.41 bits per heavy atom. The van der Waals surface area contributed by atoms with E-state index in [0.717, 1.165) is 31.6 Å². The van der Waals surface area contributed by atoms with Gasteiger partial charge in [0, 0.05) is 37.4 Å². The molecule has 0 spiro atoms. The van der Waals surface area contributed by atoms with Crippen molar-refractivity contribution in [2.24, 2.45) is 0 Å². The lowest BCUT2D eigenvalue weighted by atomic mass is 10.0. The number of halogens is 1. The van der Waals surface area contributed by atoms with Gasteiger partial charge in [-0.1, -0.05) is 13.8 Å². The first-order valence-corrected chi connectivity index (χ1v) is 8.12. The summed E-state index contributed by atoms with van der Waals surface area (Å²) >= 11 is 0. The van der Waals surface area contributed by atoms with Crippen LogP contribution in [-0.2, 0) is 0 Å². The lowest BCUT2D eigenvalue weighted by Crippen LogP contribution is -2.56. The SMILES string of the molecule is CC[C@H]1CN(C(C)c2ccn3ncc(F)c3n2)[C@H](CC)CN1. The molecule has 1 aliphatic rings. The summed E-state index contributed by atoms with van der Waals surface area (Å²) < 4.78 is 15.2. The fourth-order valence-corrected chi connectivity index (χ4v) is 3.27. The van der Waals surface area contributed by atoms with Crippen LogP contribution in [0.3, 0.4) is 0 Å². The van der Waals surface area contributed by atoms with Crippen LogP contribution >= 0.6 is 0 Å². The highest BCUT2D eigenvalue weighted by Crippen LogP contribution is 2.25. The molecule has 0 aliphatic carbocycles. The Kier molecular flexibility index (Phi) is 4.40. The zero-order valence-corrected chi connectivity index (χ0v) is 13.5. The van der Waals surface area contributed by atoms with E-state index in [2.05, 4.69) is 41.1 Å². The largest absolute Gasteiger partial charge is 0.311 e. The van der Waals surface area contributed by atoms with Gasteiger partial charge in [0.1, 0.15) is 0 Å². The molecule has 3 atom stereocenters. The van der Waals surface area contributed by atoms with Crippen molar-refractivity contribution in [3.05, 3.63) is 30.0 Å². The van der Waals surface area contributed by atoms with Crippen molar-refractivity contribution < 1.29 is 4.39 Å². The van der Waals surface area contributed by atoms with Crippen LogP contribution in [0.5, 0.6) is 0 Å².